The number of hydrogen-bond acceptors (Lipinski definition) is 9. The van der Waals surface area contributed by atoms with E-state index in [2.05, 4.69) is 15.3 Å². The van der Waals surface area contributed by atoms with Gasteiger partial charge in [-0.3, -0.25) is 23.5 Å². The number of imidazole rings is 1. The van der Waals surface area contributed by atoms with Crippen molar-refractivity contribution in [3.05, 3.63) is 45.1 Å². The summed E-state index contributed by atoms with van der Waals surface area (Å²) in [7, 11) is 0. The highest BCUT2D eigenvalue weighted by atomic mass is 35.5. The van der Waals surface area contributed by atoms with Gasteiger partial charge in [-0.1, -0.05) is 6.42 Å². The summed E-state index contributed by atoms with van der Waals surface area (Å²) >= 11 is 0. The van der Waals surface area contributed by atoms with Crippen LogP contribution in [0.3, 0.4) is 0 Å². The summed E-state index contributed by atoms with van der Waals surface area (Å²) in [5.41, 5.74) is 16.2. The molecule has 15 nitrogen and oxygen atoms in total. The third kappa shape index (κ3) is 10.5. The van der Waals surface area contributed by atoms with Crippen molar-refractivity contribution in [2.24, 2.45) is 17.2 Å². The van der Waals surface area contributed by atoms with Crippen molar-refractivity contribution in [2.75, 3.05) is 19.7 Å². The molecular formula is C25H38Cl2N8O7. The topological polar surface area (TPSA) is 243 Å². The number of aromatic nitrogens is 4. The van der Waals surface area contributed by atoms with Crippen LogP contribution in [-0.2, 0) is 27.5 Å². The molecular weight excluding hydrogens is 595 g/mol. The van der Waals surface area contributed by atoms with Crippen molar-refractivity contribution in [1.82, 2.24) is 24.4 Å². The number of primary amides is 1. The molecule has 9 N–H and O–H groups in total. The standard InChI is InChI=1S/C17H18N4O5.C8H18N4O2.2ClH/c1-3-20-15-13(16(24)21(4-2)17(20)25)18-14(19-15)10-5-7-11(8-6-10)26-9-12(22)23;9-4-2-1-3-6(10)8(14)12-5-7(11)13;;/h5-8H,3-4,9H2,1-2H3,(H,18,19)(H,22,23);6H,1-5,9-10H2,(H2,11,13)(H,12,14);2*1H/t;6-;;/m.1../s1. The molecule has 0 aliphatic rings. The Morgan fingerprint density at radius 2 is 1.69 bits per heavy atom. The molecule has 2 heterocycles. The summed E-state index contributed by atoms with van der Waals surface area (Å²) in [6.07, 6.45) is 2.22. The summed E-state index contributed by atoms with van der Waals surface area (Å²) in [4.78, 5) is 64.3. The second-order valence-electron chi connectivity index (χ2n) is 8.64. The molecule has 2 amide bonds. The molecule has 2 aromatic heterocycles. The Morgan fingerprint density at radius 1 is 1.07 bits per heavy atom. The third-order valence-electron chi connectivity index (χ3n) is 5.73. The largest absolute Gasteiger partial charge is 0.482 e. The van der Waals surface area contributed by atoms with Crippen LogP contribution in [0.1, 0.15) is 33.1 Å². The molecule has 3 aromatic rings. The van der Waals surface area contributed by atoms with Crippen molar-refractivity contribution in [2.45, 2.75) is 52.2 Å². The zero-order chi connectivity index (χ0) is 29.8. The first-order valence-corrected chi connectivity index (χ1v) is 12.7. The van der Waals surface area contributed by atoms with Gasteiger partial charge >= 0.3 is 11.7 Å². The Bertz CT molecular complexity index is 1440. The van der Waals surface area contributed by atoms with Gasteiger partial charge in [-0.2, -0.15) is 0 Å². The van der Waals surface area contributed by atoms with Crippen molar-refractivity contribution < 1.29 is 24.2 Å². The number of aliphatic carboxylic acids is 1. The predicted octanol–water partition coefficient (Wildman–Crippen LogP) is -0.0557. The van der Waals surface area contributed by atoms with Gasteiger partial charge < -0.3 is 37.3 Å². The molecule has 0 fully saturated rings. The van der Waals surface area contributed by atoms with E-state index in [-0.39, 0.29) is 55.0 Å². The first-order valence-electron chi connectivity index (χ1n) is 12.7. The van der Waals surface area contributed by atoms with Gasteiger partial charge in [0.15, 0.2) is 12.3 Å². The number of ether oxygens (including phenoxy) is 1. The Balaban J connectivity index is 0.000000908. The molecule has 3 rings (SSSR count). The average molecular weight is 634 g/mol. The number of nitrogens with zero attached hydrogens (tertiary/aromatic N) is 3. The smallest absolute Gasteiger partial charge is 0.341 e. The number of carboxylic acid groups (broad SMARTS) is 1. The maximum absolute atomic E-state index is 12.5. The number of aryl methyl sites for hydroxylation is 1. The van der Waals surface area contributed by atoms with Crippen molar-refractivity contribution >= 4 is 53.8 Å². The third-order valence-corrected chi connectivity index (χ3v) is 5.73. The van der Waals surface area contributed by atoms with Gasteiger partial charge in [-0.25, -0.2) is 14.6 Å². The van der Waals surface area contributed by atoms with Crippen LogP contribution >= 0.6 is 24.8 Å². The number of nitrogens with two attached hydrogens (primary N) is 3. The fourth-order valence-electron chi connectivity index (χ4n) is 3.67. The molecule has 0 saturated carbocycles. The van der Waals surface area contributed by atoms with Crippen LogP contribution in [0.5, 0.6) is 5.75 Å². The molecule has 0 unspecified atom stereocenters. The number of H-pyrrole nitrogens is 1. The van der Waals surface area contributed by atoms with Crippen molar-refractivity contribution in [1.29, 1.82) is 0 Å². The van der Waals surface area contributed by atoms with Gasteiger partial charge in [0.1, 0.15) is 17.1 Å². The molecule has 0 bridgehead atoms. The van der Waals surface area contributed by atoms with E-state index in [1.54, 1.807) is 31.2 Å². The van der Waals surface area contributed by atoms with Gasteiger partial charge in [0.05, 0.1) is 12.6 Å². The number of fused-ring (bicyclic) bond motifs is 1. The second kappa shape index (κ2) is 18.5. The number of benzene rings is 1. The number of rotatable bonds is 13. The van der Waals surface area contributed by atoms with Crippen LogP contribution < -0.4 is 38.5 Å². The SMILES string of the molecule is CCn1c(=O)c2[nH]c(-c3ccc(OCC(=O)O)cc3)nc2n(CC)c1=O.Cl.Cl.NCCCC[C@@H](N)C(=O)NCC(N)=O. The van der Waals surface area contributed by atoms with Gasteiger partial charge in [0, 0.05) is 18.7 Å². The maximum Gasteiger partial charge on any atom is 0.341 e. The molecule has 0 aliphatic heterocycles. The summed E-state index contributed by atoms with van der Waals surface area (Å²) in [6, 6.07) is 6.04. The summed E-state index contributed by atoms with van der Waals surface area (Å²) < 4.78 is 7.70. The summed E-state index contributed by atoms with van der Waals surface area (Å²) in [6.45, 7) is 4.22. The van der Waals surface area contributed by atoms with E-state index in [0.29, 0.717) is 42.3 Å². The normalized spacial score (nSPS) is 10.9. The molecule has 1 atom stereocenters. The molecule has 1 aromatic carbocycles. The second-order valence-corrected chi connectivity index (χ2v) is 8.64. The molecule has 0 aliphatic carbocycles. The number of hydrogen-bond donors (Lipinski definition) is 6. The number of unbranched alkanes of at least 4 members (excludes halogenated alkanes) is 1. The van der Waals surface area contributed by atoms with Gasteiger partial charge in [0.2, 0.25) is 11.8 Å². The minimum Gasteiger partial charge on any atom is -0.482 e. The van der Waals surface area contributed by atoms with Crippen LogP contribution in [0.15, 0.2) is 33.9 Å². The number of amides is 2. The molecule has 0 saturated heterocycles. The van der Waals surface area contributed by atoms with E-state index in [1.807, 2.05) is 6.92 Å². The zero-order valence-corrected chi connectivity index (χ0v) is 25.0. The summed E-state index contributed by atoms with van der Waals surface area (Å²) in [5, 5.41) is 11.0. The van der Waals surface area contributed by atoms with E-state index in [1.165, 1.54) is 4.57 Å². The lowest BCUT2D eigenvalue weighted by Gasteiger charge is -2.10. The fourth-order valence-corrected chi connectivity index (χ4v) is 3.67. The minimum absolute atomic E-state index is 0. The van der Waals surface area contributed by atoms with E-state index < -0.39 is 30.1 Å². The lowest BCUT2D eigenvalue weighted by molar-refractivity contribution is -0.139. The quantitative estimate of drug-likeness (QED) is 0.137. The lowest BCUT2D eigenvalue weighted by Crippen LogP contribution is -2.43. The zero-order valence-electron chi connectivity index (χ0n) is 23.3. The number of carboxylic acids is 1. The number of halogens is 2. The summed E-state index contributed by atoms with van der Waals surface area (Å²) in [5.74, 6) is -1.13. The first kappa shape index (κ1) is 38.1. The fraction of sp³-hybridized carbons (Fsp3) is 0.440. The van der Waals surface area contributed by atoms with Crippen LogP contribution in [0, 0.1) is 0 Å². The van der Waals surface area contributed by atoms with Crippen LogP contribution in [0.25, 0.3) is 22.6 Å². The molecule has 42 heavy (non-hydrogen) atoms. The van der Waals surface area contributed by atoms with Crippen molar-refractivity contribution in [3.63, 3.8) is 0 Å². The molecule has 0 spiro atoms. The van der Waals surface area contributed by atoms with Gasteiger partial charge in [-0.05, 0) is 57.5 Å². The van der Waals surface area contributed by atoms with E-state index in [0.717, 1.165) is 17.4 Å². The molecule has 0 radical (unpaired) electrons. The number of aromatic amines is 1. The molecule has 17 heteroatoms. The predicted molar refractivity (Wildman–Crippen MR) is 162 cm³/mol. The Labute approximate surface area is 253 Å². The number of carbonyl (C=O) groups excluding carboxylic acids is 2. The van der Waals surface area contributed by atoms with E-state index >= 15 is 0 Å². The number of nitrogens with one attached hydrogen (secondary N) is 2. The van der Waals surface area contributed by atoms with E-state index in [4.69, 9.17) is 27.0 Å². The van der Waals surface area contributed by atoms with Gasteiger partial charge in [-0.15, -0.1) is 24.8 Å². The monoisotopic (exact) mass is 632 g/mol. The van der Waals surface area contributed by atoms with Crippen LogP contribution in [-0.4, -0.2) is 67.7 Å². The van der Waals surface area contributed by atoms with Crippen molar-refractivity contribution in [3.8, 4) is 17.1 Å². The minimum atomic E-state index is -1.06. The Hall–Kier alpha value is -3.92. The highest BCUT2D eigenvalue weighted by Crippen LogP contribution is 2.21. The highest BCUT2D eigenvalue weighted by Gasteiger charge is 2.16. The van der Waals surface area contributed by atoms with Crippen LogP contribution in [0.4, 0.5) is 0 Å². The first-order chi connectivity index (χ1) is 19.0. The van der Waals surface area contributed by atoms with E-state index in [9.17, 15) is 24.0 Å². The number of carbonyl (C=O) groups is 3. The Morgan fingerprint density at radius 3 is 2.21 bits per heavy atom. The van der Waals surface area contributed by atoms with Crippen LogP contribution in [0.2, 0.25) is 0 Å². The van der Waals surface area contributed by atoms with Gasteiger partial charge in [0.25, 0.3) is 5.56 Å². The lowest BCUT2D eigenvalue weighted by atomic mass is 10.1. The average Bonchev–Trinajstić information content (AvgIpc) is 3.37. The maximum atomic E-state index is 12.5. The molecule has 234 valence electrons. The highest BCUT2D eigenvalue weighted by molar-refractivity contribution is 5.86. The Kier molecular flexibility index (Phi) is 16.8.